The summed E-state index contributed by atoms with van der Waals surface area (Å²) in [5.74, 6) is -0.0587. The molecule has 1 saturated heterocycles. The highest BCUT2D eigenvalue weighted by molar-refractivity contribution is 5.64. The van der Waals surface area contributed by atoms with Crippen LogP contribution in [0.15, 0.2) is 18.2 Å². The van der Waals surface area contributed by atoms with Crippen LogP contribution in [0, 0.1) is 5.82 Å². The van der Waals surface area contributed by atoms with Crippen LogP contribution in [-0.4, -0.2) is 25.7 Å². The van der Waals surface area contributed by atoms with Crippen LogP contribution in [0.1, 0.15) is 32.3 Å². The highest BCUT2D eigenvalue weighted by atomic mass is 19.1. The molecule has 2 nitrogen and oxygen atoms in total. The van der Waals surface area contributed by atoms with Gasteiger partial charge < -0.3 is 10.2 Å². The van der Waals surface area contributed by atoms with Gasteiger partial charge in [0, 0.05) is 18.0 Å². The Morgan fingerprint density at radius 2 is 2.00 bits per heavy atom. The SMILES string of the molecule is CC(C)N1CC2(CCNCC2)c2cccc(F)c21. The fourth-order valence-electron chi connectivity index (χ4n) is 3.50. The highest BCUT2D eigenvalue weighted by Gasteiger charge is 2.44. The molecule has 1 spiro atoms. The molecule has 1 fully saturated rings. The molecule has 3 rings (SSSR count). The van der Waals surface area contributed by atoms with Crippen LogP contribution in [0.4, 0.5) is 10.1 Å². The molecule has 2 heterocycles. The molecule has 0 amide bonds. The second-order valence-electron chi connectivity index (χ2n) is 5.89. The molecule has 0 radical (unpaired) electrons. The molecule has 2 aliphatic rings. The minimum absolute atomic E-state index is 0.0587. The summed E-state index contributed by atoms with van der Waals surface area (Å²) in [6.07, 6.45) is 2.24. The molecule has 3 heteroatoms. The van der Waals surface area contributed by atoms with Crippen LogP contribution < -0.4 is 10.2 Å². The Morgan fingerprint density at radius 3 is 2.67 bits per heavy atom. The molecule has 2 aliphatic heterocycles. The number of rotatable bonds is 1. The Morgan fingerprint density at radius 1 is 1.28 bits per heavy atom. The zero-order valence-corrected chi connectivity index (χ0v) is 11.2. The van der Waals surface area contributed by atoms with E-state index in [2.05, 4.69) is 30.1 Å². The van der Waals surface area contributed by atoms with Crippen molar-refractivity contribution in [2.75, 3.05) is 24.5 Å². The summed E-state index contributed by atoms with van der Waals surface area (Å²) < 4.78 is 14.2. The van der Waals surface area contributed by atoms with Gasteiger partial charge in [0.2, 0.25) is 0 Å². The Bertz CT molecular complexity index is 450. The van der Waals surface area contributed by atoms with E-state index in [1.165, 1.54) is 5.56 Å². The third kappa shape index (κ3) is 1.64. The van der Waals surface area contributed by atoms with Crippen LogP contribution in [0.5, 0.6) is 0 Å². The number of piperidine rings is 1. The number of nitrogens with one attached hydrogen (secondary N) is 1. The lowest BCUT2D eigenvalue weighted by atomic mass is 9.75. The summed E-state index contributed by atoms with van der Waals surface area (Å²) in [4.78, 5) is 2.25. The average Bonchev–Trinajstić information content (AvgIpc) is 2.67. The number of para-hydroxylation sites is 1. The molecule has 0 aromatic heterocycles. The molecule has 0 aliphatic carbocycles. The molecule has 0 unspecified atom stereocenters. The van der Waals surface area contributed by atoms with Crippen molar-refractivity contribution in [2.45, 2.75) is 38.1 Å². The van der Waals surface area contributed by atoms with E-state index >= 15 is 0 Å². The molecular formula is C15H21FN2. The quantitative estimate of drug-likeness (QED) is 0.822. The van der Waals surface area contributed by atoms with Gasteiger partial charge in [-0.3, -0.25) is 0 Å². The van der Waals surface area contributed by atoms with Gasteiger partial charge in [-0.25, -0.2) is 4.39 Å². The number of nitrogens with zero attached hydrogens (tertiary/aromatic N) is 1. The van der Waals surface area contributed by atoms with Crippen LogP contribution in [0.25, 0.3) is 0 Å². The lowest BCUT2D eigenvalue weighted by Crippen LogP contribution is -2.44. The number of anilines is 1. The first kappa shape index (κ1) is 12.0. The summed E-state index contributed by atoms with van der Waals surface area (Å²) in [5, 5.41) is 3.41. The zero-order chi connectivity index (χ0) is 12.8. The van der Waals surface area contributed by atoms with Crippen LogP contribution in [0.2, 0.25) is 0 Å². The first-order valence-electron chi connectivity index (χ1n) is 6.90. The molecule has 18 heavy (non-hydrogen) atoms. The minimum atomic E-state index is -0.0587. The number of hydrogen-bond donors (Lipinski definition) is 1. The summed E-state index contributed by atoms with van der Waals surface area (Å²) in [7, 11) is 0. The van der Waals surface area contributed by atoms with Gasteiger partial charge in [0.05, 0.1) is 5.69 Å². The monoisotopic (exact) mass is 248 g/mol. The summed E-state index contributed by atoms with van der Waals surface area (Å²) in [6.45, 7) is 7.36. The molecule has 1 aromatic carbocycles. The van der Waals surface area contributed by atoms with Gasteiger partial charge in [-0.2, -0.15) is 0 Å². The van der Waals surface area contributed by atoms with E-state index < -0.39 is 0 Å². The van der Waals surface area contributed by atoms with Gasteiger partial charge in [-0.05, 0) is 51.4 Å². The van der Waals surface area contributed by atoms with E-state index in [9.17, 15) is 4.39 Å². The van der Waals surface area contributed by atoms with Gasteiger partial charge >= 0.3 is 0 Å². The number of benzene rings is 1. The third-order valence-electron chi connectivity index (χ3n) is 4.50. The zero-order valence-electron chi connectivity index (χ0n) is 11.2. The fourth-order valence-corrected chi connectivity index (χ4v) is 3.50. The van der Waals surface area contributed by atoms with Crippen molar-refractivity contribution >= 4 is 5.69 Å². The third-order valence-corrected chi connectivity index (χ3v) is 4.50. The molecule has 0 bridgehead atoms. The molecule has 98 valence electrons. The van der Waals surface area contributed by atoms with Crippen molar-refractivity contribution in [2.24, 2.45) is 0 Å². The minimum Gasteiger partial charge on any atom is -0.366 e. The molecule has 0 saturated carbocycles. The Labute approximate surface area is 108 Å². The summed E-state index contributed by atoms with van der Waals surface area (Å²) >= 11 is 0. The average molecular weight is 248 g/mol. The van der Waals surface area contributed by atoms with Crippen molar-refractivity contribution in [1.29, 1.82) is 0 Å². The standard InChI is InChI=1S/C15H21FN2/c1-11(2)18-10-15(6-8-17-9-7-15)12-4-3-5-13(16)14(12)18/h3-5,11,17H,6-10H2,1-2H3. The maximum Gasteiger partial charge on any atom is 0.146 e. The molecule has 1 aromatic rings. The second kappa shape index (κ2) is 4.23. The number of halogens is 1. The lowest BCUT2D eigenvalue weighted by Gasteiger charge is -2.35. The van der Waals surface area contributed by atoms with Crippen LogP contribution in [-0.2, 0) is 5.41 Å². The van der Waals surface area contributed by atoms with Gasteiger partial charge in [-0.15, -0.1) is 0 Å². The van der Waals surface area contributed by atoms with E-state index in [4.69, 9.17) is 0 Å². The maximum absolute atomic E-state index is 14.2. The van der Waals surface area contributed by atoms with Crippen molar-refractivity contribution in [3.05, 3.63) is 29.6 Å². The second-order valence-corrected chi connectivity index (χ2v) is 5.89. The number of hydrogen-bond acceptors (Lipinski definition) is 2. The predicted molar refractivity (Wildman–Crippen MR) is 72.7 cm³/mol. The molecule has 1 N–H and O–H groups in total. The smallest absolute Gasteiger partial charge is 0.146 e. The topological polar surface area (TPSA) is 15.3 Å². The maximum atomic E-state index is 14.2. The Balaban J connectivity index is 2.10. The van der Waals surface area contributed by atoms with Crippen molar-refractivity contribution in [3.8, 4) is 0 Å². The largest absolute Gasteiger partial charge is 0.366 e. The van der Waals surface area contributed by atoms with Crippen molar-refractivity contribution in [1.82, 2.24) is 5.32 Å². The van der Waals surface area contributed by atoms with Gasteiger partial charge in [0.15, 0.2) is 0 Å². The normalized spacial score (nSPS) is 21.7. The Kier molecular flexibility index (Phi) is 2.81. The van der Waals surface area contributed by atoms with Gasteiger partial charge in [0.1, 0.15) is 5.82 Å². The highest BCUT2D eigenvalue weighted by Crippen LogP contribution is 2.47. The van der Waals surface area contributed by atoms with Gasteiger partial charge in [0.25, 0.3) is 0 Å². The first-order chi connectivity index (χ1) is 8.64. The van der Waals surface area contributed by atoms with Crippen molar-refractivity contribution < 1.29 is 4.39 Å². The van der Waals surface area contributed by atoms with E-state index in [-0.39, 0.29) is 11.2 Å². The predicted octanol–water partition coefficient (Wildman–Crippen LogP) is 2.68. The van der Waals surface area contributed by atoms with Crippen LogP contribution in [0.3, 0.4) is 0 Å². The fraction of sp³-hybridized carbons (Fsp3) is 0.600. The van der Waals surface area contributed by atoms with E-state index in [1.807, 2.05) is 6.07 Å². The van der Waals surface area contributed by atoms with E-state index in [0.29, 0.717) is 6.04 Å². The first-order valence-corrected chi connectivity index (χ1v) is 6.90. The van der Waals surface area contributed by atoms with E-state index in [1.54, 1.807) is 6.07 Å². The summed E-state index contributed by atoms with van der Waals surface area (Å²) in [5.41, 5.74) is 2.26. The number of fused-ring (bicyclic) bond motifs is 2. The van der Waals surface area contributed by atoms with E-state index in [0.717, 1.165) is 38.2 Å². The Hall–Kier alpha value is -1.09. The van der Waals surface area contributed by atoms with Crippen LogP contribution >= 0.6 is 0 Å². The lowest BCUT2D eigenvalue weighted by molar-refractivity contribution is 0.322. The summed E-state index contributed by atoms with van der Waals surface area (Å²) in [6, 6.07) is 5.94. The molecule has 0 atom stereocenters. The molecular weight excluding hydrogens is 227 g/mol. The van der Waals surface area contributed by atoms with Crippen molar-refractivity contribution in [3.63, 3.8) is 0 Å². The van der Waals surface area contributed by atoms with Gasteiger partial charge in [-0.1, -0.05) is 12.1 Å².